The van der Waals surface area contributed by atoms with Crippen LogP contribution in [-0.2, 0) is 6.42 Å². The van der Waals surface area contributed by atoms with Gasteiger partial charge in [-0.3, -0.25) is 4.98 Å². The lowest BCUT2D eigenvalue weighted by atomic mass is 10.2. The Bertz CT molecular complexity index is 516. The van der Waals surface area contributed by atoms with Crippen LogP contribution in [0.2, 0.25) is 0 Å². The minimum atomic E-state index is 0.604. The summed E-state index contributed by atoms with van der Waals surface area (Å²) in [5.41, 5.74) is 2.13. The second kappa shape index (κ2) is 6.68. The molecule has 0 aliphatic carbocycles. The molecule has 5 nitrogen and oxygen atoms in total. The molecule has 5 heteroatoms. The zero-order chi connectivity index (χ0) is 13.5. The van der Waals surface area contributed by atoms with Crippen LogP contribution in [0, 0.1) is 6.92 Å². The first kappa shape index (κ1) is 13.3. The summed E-state index contributed by atoms with van der Waals surface area (Å²) in [6.07, 6.45) is 4.50. The van der Waals surface area contributed by atoms with Gasteiger partial charge in [-0.2, -0.15) is 4.98 Å². The topological polar surface area (TPSA) is 59.9 Å². The van der Waals surface area contributed by atoms with E-state index in [1.807, 2.05) is 32.0 Å². The second-order valence-corrected chi connectivity index (χ2v) is 4.14. The molecule has 0 amide bonds. The molecule has 0 aromatic carbocycles. The van der Waals surface area contributed by atoms with Gasteiger partial charge in [-0.05, 0) is 38.0 Å². The minimum Gasteiger partial charge on any atom is -0.478 e. The van der Waals surface area contributed by atoms with E-state index in [0.717, 1.165) is 18.7 Å². The van der Waals surface area contributed by atoms with Gasteiger partial charge in [0.05, 0.1) is 6.61 Å². The lowest BCUT2D eigenvalue weighted by molar-refractivity contribution is 0.326. The molecular weight excluding hydrogens is 240 g/mol. The Balaban J connectivity index is 1.92. The van der Waals surface area contributed by atoms with Crippen molar-refractivity contribution >= 4 is 5.95 Å². The number of hydrogen-bond donors (Lipinski definition) is 1. The Morgan fingerprint density at radius 2 is 2.00 bits per heavy atom. The number of aromatic nitrogens is 3. The summed E-state index contributed by atoms with van der Waals surface area (Å²) in [6.45, 7) is 5.25. The first-order valence-corrected chi connectivity index (χ1v) is 6.39. The van der Waals surface area contributed by atoms with E-state index in [2.05, 4.69) is 20.3 Å². The number of hydrogen-bond acceptors (Lipinski definition) is 5. The van der Waals surface area contributed by atoms with Gasteiger partial charge in [-0.25, -0.2) is 4.98 Å². The minimum absolute atomic E-state index is 0.604. The number of rotatable bonds is 6. The Hall–Kier alpha value is -2.17. The Morgan fingerprint density at radius 1 is 1.21 bits per heavy atom. The van der Waals surface area contributed by atoms with E-state index >= 15 is 0 Å². The van der Waals surface area contributed by atoms with Crippen molar-refractivity contribution in [2.45, 2.75) is 20.3 Å². The normalized spacial score (nSPS) is 10.2. The lowest BCUT2D eigenvalue weighted by Gasteiger charge is -2.08. The fourth-order valence-electron chi connectivity index (χ4n) is 1.71. The van der Waals surface area contributed by atoms with Crippen LogP contribution in [0.4, 0.5) is 5.95 Å². The predicted molar refractivity (Wildman–Crippen MR) is 74.4 cm³/mol. The van der Waals surface area contributed by atoms with Gasteiger partial charge in [0, 0.05) is 30.7 Å². The fraction of sp³-hybridized carbons (Fsp3) is 0.357. The molecule has 0 saturated carbocycles. The Labute approximate surface area is 113 Å². The molecule has 1 N–H and O–H groups in total. The zero-order valence-corrected chi connectivity index (χ0v) is 11.3. The number of aryl methyl sites for hydroxylation is 1. The molecule has 0 saturated heterocycles. The first-order chi connectivity index (χ1) is 9.28. The van der Waals surface area contributed by atoms with Crippen LogP contribution < -0.4 is 10.1 Å². The van der Waals surface area contributed by atoms with Crippen LogP contribution in [0.3, 0.4) is 0 Å². The van der Waals surface area contributed by atoms with Crippen molar-refractivity contribution in [3.05, 3.63) is 41.9 Å². The van der Waals surface area contributed by atoms with Gasteiger partial charge in [0.2, 0.25) is 11.8 Å². The Morgan fingerprint density at radius 3 is 2.74 bits per heavy atom. The molecule has 0 radical (unpaired) electrons. The van der Waals surface area contributed by atoms with E-state index in [4.69, 9.17) is 4.74 Å². The second-order valence-electron chi connectivity index (χ2n) is 4.14. The van der Waals surface area contributed by atoms with Gasteiger partial charge in [0.1, 0.15) is 0 Å². The van der Waals surface area contributed by atoms with Crippen LogP contribution in [0.15, 0.2) is 30.6 Å². The van der Waals surface area contributed by atoms with Crippen LogP contribution in [0.25, 0.3) is 0 Å². The quantitative estimate of drug-likeness (QED) is 0.861. The number of anilines is 1. The van der Waals surface area contributed by atoms with Crippen LogP contribution >= 0.6 is 0 Å². The van der Waals surface area contributed by atoms with E-state index in [1.54, 1.807) is 12.4 Å². The largest absolute Gasteiger partial charge is 0.478 e. The van der Waals surface area contributed by atoms with Gasteiger partial charge >= 0.3 is 0 Å². The van der Waals surface area contributed by atoms with Gasteiger partial charge in [-0.1, -0.05) is 0 Å². The van der Waals surface area contributed by atoms with Crippen molar-refractivity contribution in [2.75, 3.05) is 18.5 Å². The number of ether oxygens (including phenoxy) is 1. The predicted octanol–water partition coefficient (Wildman–Crippen LogP) is 2.23. The first-order valence-electron chi connectivity index (χ1n) is 6.39. The highest BCUT2D eigenvalue weighted by molar-refractivity contribution is 5.31. The van der Waals surface area contributed by atoms with Crippen LogP contribution in [-0.4, -0.2) is 28.1 Å². The SMILES string of the molecule is CCOc1cc(C)nc(NCCc2ccncc2)n1. The fourth-order valence-corrected chi connectivity index (χ4v) is 1.71. The third-order valence-corrected chi connectivity index (χ3v) is 2.57. The maximum atomic E-state index is 5.39. The highest BCUT2D eigenvalue weighted by atomic mass is 16.5. The van der Waals surface area contributed by atoms with E-state index in [9.17, 15) is 0 Å². The van der Waals surface area contributed by atoms with Crippen molar-refractivity contribution in [1.29, 1.82) is 0 Å². The van der Waals surface area contributed by atoms with Crippen LogP contribution in [0.1, 0.15) is 18.2 Å². The monoisotopic (exact) mass is 258 g/mol. The molecule has 100 valence electrons. The molecule has 2 aromatic heterocycles. The molecule has 2 heterocycles. The van der Waals surface area contributed by atoms with E-state index in [-0.39, 0.29) is 0 Å². The summed E-state index contributed by atoms with van der Waals surface area (Å²) >= 11 is 0. The Kier molecular flexibility index (Phi) is 4.66. The average molecular weight is 258 g/mol. The molecule has 0 aliphatic heterocycles. The van der Waals surface area contributed by atoms with Crippen LogP contribution in [0.5, 0.6) is 5.88 Å². The van der Waals surface area contributed by atoms with E-state index in [0.29, 0.717) is 18.4 Å². The molecule has 19 heavy (non-hydrogen) atoms. The molecule has 0 bridgehead atoms. The van der Waals surface area contributed by atoms with Gasteiger partial charge in [0.25, 0.3) is 0 Å². The van der Waals surface area contributed by atoms with Gasteiger partial charge in [-0.15, -0.1) is 0 Å². The highest BCUT2D eigenvalue weighted by Gasteiger charge is 2.02. The molecule has 2 aromatic rings. The lowest BCUT2D eigenvalue weighted by Crippen LogP contribution is -2.09. The third-order valence-electron chi connectivity index (χ3n) is 2.57. The summed E-state index contributed by atoms with van der Waals surface area (Å²) in [5.74, 6) is 1.22. The van der Waals surface area contributed by atoms with E-state index < -0.39 is 0 Å². The molecule has 0 aliphatic rings. The zero-order valence-electron chi connectivity index (χ0n) is 11.3. The molecule has 0 spiro atoms. The molecule has 0 atom stereocenters. The van der Waals surface area contributed by atoms with Gasteiger partial charge in [0.15, 0.2) is 0 Å². The third kappa shape index (κ3) is 4.21. The summed E-state index contributed by atoms with van der Waals surface area (Å²) < 4.78 is 5.39. The summed E-state index contributed by atoms with van der Waals surface area (Å²) in [4.78, 5) is 12.6. The maximum Gasteiger partial charge on any atom is 0.226 e. The average Bonchev–Trinajstić information content (AvgIpc) is 2.40. The van der Waals surface area contributed by atoms with E-state index in [1.165, 1.54) is 5.56 Å². The van der Waals surface area contributed by atoms with Gasteiger partial charge < -0.3 is 10.1 Å². The van der Waals surface area contributed by atoms with Crippen molar-refractivity contribution < 1.29 is 4.74 Å². The van der Waals surface area contributed by atoms with Crippen molar-refractivity contribution in [3.8, 4) is 5.88 Å². The maximum absolute atomic E-state index is 5.39. The highest BCUT2D eigenvalue weighted by Crippen LogP contribution is 2.11. The number of nitrogens with one attached hydrogen (secondary N) is 1. The standard InChI is InChI=1S/C14H18N4O/c1-3-19-13-10-11(2)17-14(18-13)16-9-6-12-4-7-15-8-5-12/h4-5,7-8,10H,3,6,9H2,1-2H3,(H,16,17,18). The summed E-state index contributed by atoms with van der Waals surface area (Å²) in [7, 11) is 0. The summed E-state index contributed by atoms with van der Waals surface area (Å²) in [6, 6.07) is 5.84. The number of nitrogens with zero attached hydrogens (tertiary/aromatic N) is 3. The molecule has 0 unspecified atom stereocenters. The van der Waals surface area contributed by atoms with Crippen molar-refractivity contribution in [2.24, 2.45) is 0 Å². The molecule has 2 rings (SSSR count). The smallest absolute Gasteiger partial charge is 0.226 e. The summed E-state index contributed by atoms with van der Waals surface area (Å²) in [5, 5.41) is 3.21. The number of pyridine rings is 1. The van der Waals surface area contributed by atoms with Crippen molar-refractivity contribution in [1.82, 2.24) is 15.0 Å². The molecular formula is C14H18N4O. The van der Waals surface area contributed by atoms with Crippen molar-refractivity contribution in [3.63, 3.8) is 0 Å². The molecule has 0 fully saturated rings.